The van der Waals surface area contributed by atoms with Crippen LogP contribution < -0.4 is 0 Å². The van der Waals surface area contributed by atoms with E-state index in [0.717, 1.165) is 5.57 Å². The van der Waals surface area contributed by atoms with E-state index in [9.17, 15) is 0 Å². The van der Waals surface area contributed by atoms with Crippen LogP contribution >= 0.6 is 11.1 Å². The Morgan fingerprint density at radius 1 is 1.27 bits per heavy atom. The molecule has 0 aromatic heterocycles. The molecule has 0 aliphatic heterocycles. The van der Waals surface area contributed by atoms with Crippen LogP contribution in [0.2, 0.25) is 13.1 Å². The number of allylic oxidation sites excluding steroid dienone is 1. The van der Waals surface area contributed by atoms with E-state index in [-0.39, 0.29) is 0 Å². The molecule has 0 fully saturated rings. The van der Waals surface area contributed by atoms with Gasteiger partial charge in [-0.3, -0.25) is 0 Å². The summed E-state index contributed by atoms with van der Waals surface area (Å²) in [6.07, 6.45) is 0. The van der Waals surface area contributed by atoms with Gasteiger partial charge in [0.1, 0.15) is 0 Å². The Kier molecular flexibility index (Phi) is 3.96. The van der Waals surface area contributed by atoms with Gasteiger partial charge in [-0.25, -0.2) is 0 Å². The third-order valence-electron chi connectivity index (χ3n) is 0.929. The Balaban J connectivity index is 4.23. The molecule has 0 N–H and O–H groups in total. The molecule has 0 saturated carbocycles. The average Bonchev–Trinajstić information content (AvgIpc) is 1.80. The highest BCUT2D eigenvalue weighted by molar-refractivity contribution is 7.15. The molecule has 2 nitrogen and oxygen atoms in total. The van der Waals surface area contributed by atoms with Crippen molar-refractivity contribution in [3.63, 3.8) is 0 Å². The van der Waals surface area contributed by atoms with Crippen molar-refractivity contribution in [1.82, 2.24) is 0 Å². The van der Waals surface area contributed by atoms with Crippen molar-refractivity contribution < 1.29 is 9.16 Å². The molecule has 0 rings (SSSR count). The predicted molar refractivity (Wildman–Crippen MR) is 49.8 cm³/mol. The lowest BCUT2D eigenvalue weighted by atomic mass is 10.4. The summed E-state index contributed by atoms with van der Waals surface area (Å²) in [5, 5.41) is 0. The third kappa shape index (κ3) is 5.15. The summed E-state index contributed by atoms with van der Waals surface area (Å²) in [5.41, 5.74) is 1.01. The van der Waals surface area contributed by atoms with Crippen LogP contribution in [0.15, 0.2) is 11.5 Å². The zero-order valence-corrected chi connectivity index (χ0v) is 9.45. The van der Waals surface area contributed by atoms with E-state index >= 15 is 0 Å². The SMILES string of the molecule is COC(O[Si](C)(C)Cl)=C(C)C. The number of methoxy groups -OCH3 is 1. The first-order chi connectivity index (χ1) is 4.87. The van der Waals surface area contributed by atoms with Crippen molar-refractivity contribution in [2.75, 3.05) is 7.11 Å². The lowest BCUT2D eigenvalue weighted by molar-refractivity contribution is 0.145. The highest BCUT2D eigenvalue weighted by Crippen LogP contribution is 2.17. The van der Waals surface area contributed by atoms with Crippen LogP contribution in [0.5, 0.6) is 0 Å². The number of rotatable bonds is 3. The Bertz CT molecular complexity index is 156. The van der Waals surface area contributed by atoms with Gasteiger partial charge in [0.05, 0.1) is 7.11 Å². The zero-order valence-electron chi connectivity index (χ0n) is 7.69. The van der Waals surface area contributed by atoms with Crippen LogP contribution in [0.4, 0.5) is 0 Å². The molecule has 0 spiro atoms. The van der Waals surface area contributed by atoms with E-state index in [1.807, 2.05) is 26.9 Å². The summed E-state index contributed by atoms with van der Waals surface area (Å²) in [4.78, 5) is 0. The fourth-order valence-corrected chi connectivity index (χ4v) is 1.51. The van der Waals surface area contributed by atoms with Gasteiger partial charge in [-0.05, 0) is 26.9 Å². The first kappa shape index (κ1) is 10.8. The number of hydrogen-bond acceptors (Lipinski definition) is 2. The molecule has 11 heavy (non-hydrogen) atoms. The maximum absolute atomic E-state index is 5.95. The van der Waals surface area contributed by atoms with Crippen molar-refractivity contribution in [3.05, 3.63) is 11.5 Å². The summed E-state index contributed by atoms with van der Waals surface area (Å²) in [5.74, 6) is 0.552. The van der Waals surface area contributed by atoms with Crippen LogP contribution in [0.25, 0.3) is 0 Å². The first-order valence-corrected chi connectivity index (χ1v) is 7.38. The van der Waals surface area contributed by atoms with E-state index in [1.165, 1.54) is 0 Å². The summed E-state index contributed by atoms with van der Waals surface area (Å²) in [7, 11) is -0.432. The van der Waals surface area contributed by atoms with Gasteiger partial charge in [-0.2, -0.15) is 0 Å². The highest BCUT2D eigenvalue weighted by atomic mass is 35.6. The minimum atomic E-state index is -2.01. The van der Waals surface area contributed by atoms with E-state index in [0.29, 0.717) is 5.95 Å². The lowest BCUT2D eigenvalue weighted by Gasteiger charge is -2.18. The standard InChI is InChI=1S/C7H15ClO2Si/c1-6(2)7(9-3)10-11(4,5)8/h1-5H3. The van der Waals surface area contributed by atoms with Crippen LogP contribution in [0.3, 0.4) is 0 Å². The van der Waals surface area contributed by atoms with Crippen molar-refractivity contribution in [3.8, 4) is 0 Å². The number of halogens is 1. The van der Waals surface area contributed by atoms with Gasteiger partial charge in [0.15, 0.2) is 0 Å². The molecule has 0 heterocycles. The summed E-state index contributed by atoms with van der Waals surface area (Å²) in [6, 6.07) is 0. The fraction of sp³-hybridized carbons (Fsp3) is 0.714. The minimum absolute atomic E-state index is 0.552. The molecule has 0 aliphatic carbocycles. The summed E-state index contributed by atoms with van der Waals surface area (Å²) >= 11 is 5.95. The zero-order chi connectivity index (χ0) is 9.07. The van der Waals surface area contributed by atoms with E-state index in [2.05, 4.69) is 0 Å². The smallest absolute Gasteiger partial charge is 0.345 e. The van der Waals surface area contributed by atoms with E-state index in [4.69, 9.17) is 20.2 Å². The van der Waals surface area contributed by atoms with E-state index < -0.39 is 7.63 Å². The normalized spacial score (nSPS) is 10.7. The molecule has 66 valence electrons. The quantitative estimate of drug-likeness (QED) is 0.391. The second-order valence-corrected chi connectivity index (χ2v) is 8.62. The van der Waals surface area contributed by atoms with Crippen molar-refractivity contribution in [2.45, 2.75) is 26.9 Å². The fourth-order valence-electron chi connectivity index (χ4n) is 0.568. The van der Waals surface area contributed by atoms with Gasteiger partial charge in [0.25, 0.3) is 5.95 Å². The molecule has 0 atom stereocenters. The first-order valence-electron chi connectivity index (χ1n) is 3.46. The lowest BCUT2D eigenvalue weighted by Crippen LogP contribution is -2.22. The maximum Gasteiger partial charge on any atom is 0.345 e. The van der Waals surface area contributed by atoms with Crippen molar-refractivity contribution in [1.29, 1.82) is 0 Å². The molecule has 0 aromatic carbocycles. The molecule has 0 aromatic rings. The highest BCUT2D eigenvalue weighted by Gasteiger charge is 2.22. The van der Waals surface area contributed by atoms with Crippen LogP contribution in [0, 0.1) is 0 Å². The molecule has 0 radical (unpaired) electrons. The second kappa shape index (κ2) is 4.02. The molecule has 4 heteroatoms. The molecular formula is C7H15ClO2Si. The Morgan fingerprint density at radius 2 is 1.73 bits per heavy atom. The van der Waals surface area contributed by atoms with Gasteiger partial charge in [0.2, 0.25) is 0 Å². The van der Waals surface area contributed by atoms with Gasteiger partial charge in [-0.15, -0.1) is 11.1 Å². The monoisotopic (exact) mass is 194 g/mol. The topological polar surface area (TPSA) is 18.5 Å². The van der Waals surface area contributed by atoms with Crippen molar-refractivity contribution in [2.24, 2.45) is 0 Å². The van der Waals surface area contributed by atoms with Crippen LogP contribution in [-0.2, 0) is 9.16 Å². The third-order valence-corrected chi connectivity index (χ3v) is 1.83. The predicted octanol–water partition coefficient (Wildman–Crippen LogP) is 2.84. The Hall–Kier alpha value is -0.153. The van der Waals surface area contributed by atoms with Crippen molar-refractivity contribution >= 4 is 18.7 Å². The second-order valence-electron chi connectivity index (χ2n) is 2.96. The van der Waals surface area contributed by atoms with Gasteiger partial charge < -0.3 is 9.16 Å². The minimum Gasteiger partial charge on any atom is -0.505 e. The molecule has 0 saturated heterocycles. The molecular weight excluding hydrogens is 180 g/mol. The average molecular weight is 195 g/mol. The van der Waals surface area contributed by atoms with Crippen LogP contribution in [0.1, 0.15) is 13.8 Å². The van der Waals surface area contributed by atoms with Gasteiger partial charge in [0, 0.05) is 5.57 Å². The molecule has 0 unspecified atom stereocenters. The van der Waals surface area contributed by atoms with Gasteiger partial charge in [-0.1, -0.05) is 0 Å². The summed E-state index contributed by atoms with van der Waals surface area (Å²) < 4.78 is 10.4. The van der Waals surface area contributed by atoms with E-state index in [1.54, 1.807) is 7.11 Å². The number of ether oxygens (including phenoxy) is 1. The molecule has 0 aliphatic rings. The summed E-state index contributed by atoms with van der Waals surface area (Å²) in [6.45, 7) is 7.65. The van der Waals surface area contributed by atoms with Gasteiger partial charge >= 0.3 is 7.63 Å². The largest absolute Gasteiger partial charge is 0.505 e. The number of hydrogen-bond donors (Lipinski definition) is 0. The maximum atomic E-state index is 5.95. The molecule has 0 bridgehead atoms. The Labute approximate surface area is 74.0 Å². The molecule has 0 amide bonds. The van der Waals surface area contributed by atoms with Crippen LogP contribution in [-0.4, -0.2) is 14.7 Å². The Morgan fingerprint density at radius 3 is 1.82 bits per heavy atom.